The van der Waals surface area contributed by atoms with Gasteiger partial charge in [-0.25, -0.2) is 0 Å². The van der Waals surface area contributed by atoms with Gasteiger partial charge in [0.1, 0.15) is 5.75 Å². The largest absolute Gasteiger partial charge is 0.508 e. The molecule has 2 nitrogen and oxygen atoms in total. The van der Waals surface area contributed by atoms with Crippen molar-refractivity contribution in [3.05, 3.63) is 28.8 Å². The van der Waals surface area contributed by atoms with E-state index in [1.807, 2.05) is 13.0 Å². The van der Waals surface area contributed by atoms with Crippen LogP contribution in [-0.2, 0) is 0 Å². The van der Waals surface area contributed by atoms with Crippen LogP contribution in [0.3, 0.4) is 0 Å². The summed E-state index contributed by atoms with van der Waals surface area (Å²) in [6, 6.07) is 4.01. The van der Waals surface area contributed by atoms with E-state index in [1.165, 1.54) is 17.5 Å². The van der Waals surface area contributed by atoms with Crippen LogP contribution >= 0.6 is 0 Å². The molecule has 1 aliphatic heterocycles. The van der Waals surface area contributed by atoms with Crippen molar-refractivity contribution in [2.45, 2.75) is 26.2 Å². The summed E-state index contributed by atoms with van der Waals surface area (Å²) in [5.41, 5.74) is 3.59. The number of aromatic hydroxyl groups is 1. The highest BCUT2D eigenvalue weighted by Gasteiger charge is 2.18. The monoisotopic (exact) mass is 191 g/mol. The number of nitrogens with one attached hydrogen (secondary N) is 1. The molecule has 1 aromatic carbocycles. The molecule has 1 atom stereocenters. The standard InChI is InChI=1S/C12H17NO/c1-8-6-12(14)9(2)5-11(8)10-3-4-13-7-10/h5-6,10,13-14H,3-4,7H2,1-2H3. The Morgan fingerprint density at radius 3 is 2.71 bits per heavy atom. The minimum atomic E-state index is 0.414. The van der Waals surface area contributed by atoms with Crippen molar-refractivity contribution < 1.29 is 5.11 Å². The Hall–Kier alpha value is -1.02. The highest BCUT2D eigenvalue weighted by molar-refractivity contribution is 5.42. The van der Waals surface area contributed by atoms with Gasteiger partial charge in [-0.05, 0) is 55.5 Å². The van der Waals surface area contributed by atoms with Crippen molar-refractivity contribution in [1.29, 1.82) is 0 Å². The molecule has 1 unspecified atom stereocenters. The fourth-order valence-corrected chi connectivity index (χ4v) is 2.18. The topological polar surface area (TPSA) is 32.3 Å². The average molecular weight is 191 g/mol. The van der Waals surface area contributed by atoms with Gasteiger partial charge in [0, 0.05) is 6.54 Å². The smallest absolute Gasteiger partial charge is 0.118 e. The van der Waals surface area contributed by atoms with E-state index in [0.29, 0.717) is 11.7 Å². The molecule has 76 valence electrons. The van der Waals surface area contributed by atoms with Gasteiger partial charge in [0.25, 0.3) is 0 Å². The van der Waals surface area contributed by atoms with Gasteiger partial charge in [-0.15, -0.1) is 0 Å². The summed E-state index contributed by atoms with van der Waals surface area (Å²) in [4.78, 5) is 0. The number of rotatable bonds is 1. The maximum absolute atomic E-state index is 9.55. The van der Waals surface area contributed by atoms with Gasteiger partial charge < -0.3 is 10.4 Å². The van der Waals surface area contributed by atoms with Crippen LogP contribution in [0.2, 0.25) is 0 Å². The van der Waals surface area contributed by atoms with Gasteiger partial charge >= 0.3 is 0 Å². The predicted octanol–water partition coefficient (Wildman–Crippen LogP) is 2.09. The fourth-order valence-electron chi connectivity index (χ4n) is 2.18. The molecule has 1 saturated heterocycles. The SMILES string of the molecule is Cc1cc(C2CCNC2)c(C)cc1O. The van der Waals surface area contributed by atoms with Crippen LogP contribution in [0.25, 0.3) is 0 Å². The van der Waals surface area contributed by atoms with Crippen molar-refractivity contribution in [3.8, 4) is 5.75 Å². The van der Waals surface area contributed by atoms with E-state index in [1.54, 1.807) is 0 Å². The van der Waals surface area contributed by atoms with Crippen LogP contribution in [-0.4, -0.2) is 18.2 Å². The summed E-state index contributed by atoms with van der Waals surface area (Å²) in [5.74, 6) is 1.05. The molecule has 0 amide bonds. The Morgan fingerprint density at radius 1 is 1.29 bits per heavy atom. The molecule has 1 aromatic rings. The molecular formula is C12H17NO. The summed E-state index contributed by atoms with van der Waals surface area (Å²) < 4.78 is 0. The first-order chi connectivity index (χ1) is 6.68. The van der Waals surface area contributed by atoms with E-state index in [-0.39, 0.29) is 0 Å². The molecule has 0 bridgehead atoms. The molecule has 2 rings (SSSR count). The first-order valence-electron chi connectivity index (χ1n) is 5.19. The zero-order chi connectivity index (χ0) is 10.1. The van der Waals surface area contributed by atoms with Crippen molar-refractivity contribution in [2.75, 3.05) is 13.1 Å². The second-order valence-electron chi connectivity index (χ2n) is 4.19. The van der Waals surface area contributed by atoms with Crippen molar-refractivity contribution in [3.63, 3.8) is 0 Å². The highest BCUT2D eigenvalue weighted by Crippen LogP contribution is 2.29. The number of hydrogen-bond acceptors (Lipinski definition) is 2. The lowest BCUT2D eigenvalue weighted by atomic mass is 9.92. The summed E-state index contributed by atoms with van der Waals surface area (Å²) in [7, 11) is 0. The Kier molecular flexibility index (Phi) is 2.46. The summed E-state index contributed by atoms with van der Waals surface area (Å²) >= 11 is 0. The summed E-state index contributed by atoms with van der Waals surface area (Å²) in [5, 5.41) is 12.9. The van der Waals surface area contributed by atoms with Crippen LogP contribution in [0, 0.1) is 13.8 Å². The van der Waals surface area contributed by atoms with E-state index in [0.717, 1.165) is 18.7 Å². The molecule has 2 N–H and O–H groups in total. The third-order valence-electron chi connectivity index (χ3n) is 3.08. The molecule has 1 fully saturated rings. The van der Waals surface area contributed by atoms with Crippen LogP contribution < -0.4 is 5.32 Å². The predicted molar refractivity (Wildman–Crippen MR) is 57.8 cm³/mol. The van der Waals surface area contributed by atoms with Crippen molar-refractivity contribution in [2.24, 2.45) is 0 Å². The van der Waals surface area contributed by atoms with Crippen molar-refractivity contribution >= 4 is 0 Å². The lowest BCUT2D eigenvalue weighted by Gasteiger charge is -2.14. The molecule has 0 aliphatic carbocycles. The second-order valence-corrected chi connectivity index (χ2v) is 4.19. The normalized spacial score (nSPS) is 21.4. The van der Waals surface area contributed by atoms with Gasteiger partial charge in [-0.3, -0.25) is 0 Å². The molecule has 0 aromatic heterocycles. The molecule has 1 aliphatic rings. The van der Waals surface area contributed by atoms with Gasteiger partial charge in [0.2, 0.25) is 0 Å². The summed E-state index contributed by atoms with van der Waals surface area (Å²) in [6.45, 7) is 6.22. The third kappa shape index (κ3) is 1.62. The fraction of sp³-hybridized carbons (Fsp3) is 0.500. The van der Waals surface area contributed by atoms with Gasteiger partial charge in [0.15, 0.2) is 0 Å². The van der Waals surface area contributed by atoms with Crippen LogP contribution in [0.15, 0.2) is 12.1 Å². The molecule has 2 heteroatoms. The molecule has 14 heavy (non-hydrogen) atoms. The van der Waals surface area contributed by atoms with Gasteiger partial charge in [0.05, 0.1) is 0 Å². The Bertz CT molecular complexity index is 340. The first-order valence-corrected chi connectivity index (χ1v) is 5.19. The maximum atomic E-state index is 9.55. The number of hydrogen-bond donors (Lipinski definition) is 2. The van der Waals surface area contributed by atoms with Crippen LogP contribution in [0.5, 0.6) is 5.75 Å². The van der Waals surface area contributed by atoms with E-state index in [2.05, 4.69) is 18.3 Å². The number of phenols is 1. The minimum absolute atomic E-state index is 0.414. The van der Waals surface area contributed by atoms with Gasteiger partial charge in [-0.1, -0.05) is 6.07 Å². The minimum Gasteiger partial charge on any atom is -0.508 e. The number of phenolic OH excluding ortho intramolecular Hbond substituents is 1. The zero-order valence-corrected chi connectivity index (χ0v) is 8.80. The highest BCUT2D eigenvalue weighted by atomic mass is 16.3. The Labute approximate surface area is 85.0 Å². The molecule has 0 spiro atoms. The Morgan fingerprint density at radius 2 is 2.07 bits per heavy atom. The van der Waals surface area contributed by atoms with Crippen molar-refractivity contribution in [1.82, 2.24) is 5.32 Å². The number of benzene rings is 1. The quantitative estimate of drug-likeness (QED) is 0.712. The van der Waals surface area contributed by atoms with Crippen LogP contribution in [0.4, 0.5) is 0 Å². The second kappa shape index (κ2) is 3.62. The zero-order valence-electron chi connectivity index (χ0n) is 8.80. The van der Waals surface area contributed by atoms with E-state index in [9.17, 15) is 5.11 Å². The molecular weight excluding hydrogens is 174 g/mol. The van der Waals surface area contributed by atoms with E-state index < -0.39 is 0 Å². The van der Waals surface area contributed by atoms with Crippen LogP contribution in [0.1, 0.15) is 29.0 Å². The van der Waals surface area contributed by atoms with E-state index >= 15 is 0 Å². The first kappa shape index (κ1) is 9.53. The molecule has 1 heterocycles. The Balaban J connectivity index is 2.37. The molecule has 0 radical (unpaired) electrons. The van der Waals surface area contributed by atoms with Gasteiger partial charge in [-0.2, -0.15) is 0 Å². The average Bonchev–Trinajstić information content (AvgIpc) is 2.64. The van der Waals surface area contributed by atoms with E-state index in [4.69, 9.17) is 0 Å². The maximum Gasteiger partial charge on any atom is 0.118 e. The third-order valence-corrected chi connectivity index (χ3v) is 3.08. The summed E-state index contributed by atoms with van der Waals surface area (Å²) in [6.07, 6.45) is 1.21. The lowest BCUT2D eigenvalue weighted by molar-refractivity contribution is 0.470. The number of aryl methyl sites for hydroxylation is 2. The lowest BCUT2D eigenvalue weighted by Crippen LogP contribution is -2.08. The molecule has 0 saturated carbocycles.